The largest absolute Gasteiger partial charge is 0.394 e. The van der Waals surface area contributed by atoms with Crippen LogP contribution in [-0.4, -0.2) is 27.4 Å². The van der Waals surface area contributed by atoms with Gasteiger partial charge in [-0.15, -0.1) is 0 Å². The van der Waals surface area contributed by atoms with Crippen molar-refractivity contribution in [1.82, 2.24) is 15.1 Å². The first kappa shape index (κ1) is 12.3. The first-order valence-electron chi connectivity index (χ1n) is 5.72. The van der Waals surface area contributed by atoms with E-state index in [0.717, 1.165) is 5.56 Å². The second-order valence-corrected chi connectivity index (χ2v) is 3.92. The Morgan fingerprint density at radius 1 is 1.33 bits per heavy atom. The molecule has 2 N–H and O–H groups in total. The Morgan fingerprint density at radius 2 is 2.11 bits per heavy atom. The highest BCUT2D eigenvalue weighted by Gasteiger charge is 2.13. The summed E-state index contributed by atoms with van der Waals surface area (Å²) in [4.78, 5) is 11.8. The molecule has 2 rings (SSSR count). The van der Waals surface area contributed by atoms with Gasteiger partial charge >= 0.3 is 0 Å². The number of nitrogens with one attached hydrogen (secondary N) is 1. The molecule has 0 bridgehead atoms. The lowest BCUT2D eigenvalue weighted by molar-refractivity contribution is -0.122. The summed E-state index contributed by atoms with van der Waals surface area (Å²) in [6.07, 6.45) is 3.34. The van der Waals surface area contributed by atoms with Crippen molar-refractivity contribution < 1.29 is 9.90 Å². The molecule has 0 saturated heterocycles. The van der Waals surface area contributed by atoms with E-state index < -0.39 is 0 Å². The molecule has 0 spiro atoms. The number of rotatable bonds is 5. The number of aliphatic hydroxyl groups is 1. The molecule has 0 radical (unpaired) electrons. The lowest BCUT2D eigenvalue weighted by Crippen LogP contribution is -2.33. The minimum absolute atomic E-state index is 0.130. The number of aromatic nitrogens is 2. The summed E-state index contributed by atoms with van der Waals surface area (Å²) in [5.41, 5.74) is 0.883. The fraction of sp³-hybridized carbons (Fsp3) is 0.231. The van der Waals surface area contributed by atoms with Crippen molar-refractivity contribution in [1.29, 1.82) is 0 Å². The molecule has 1 atom stereocenters. The van der Waals surface area contributed by atoms with E-state index in [9.17, 15) is 9.90 Å². The van der Waals surface area contributed by atoms with Crippen molar-refractivity contribution >= 4 is 5.91 Å². The van der Waals surface area contributed by atoms with Crippen LogP contribution < -0.4 is 5.32 Å². The molecule has 18 heavy (non-hydrogen) atoms. The minimum Gasteiger partial charge on any atom is -0.394 e. The number of hydrogen-bond acceptors (Lipinski definition) is 3. The number of carbonyl (C=O) groups excluding carboxylic acids is 1. The molecular weight excluding hydrogens is 230 g/mol. The number of benzene rings is 1. The van der Waals surface area contributed by atoms with Gasteiger partial charge in [-0.1, -0.05) is 30.3 Å². The Morgan fingerprint density at radius 3 is 2.72 bits per heavy atom. The van der Waals surface area contributed by atoms with Gasteiger partial charge in [0.1, 0.15) is 6.54 Å². The molecule has 0 fully saturated rings. The summed E-state index contributed by atoms with van der Waals surface area (Å²) in [6.45, 7) is 0.0190. The summed E-state index contributed by atoms with van der Waals surface area (Å²) in [5.74, 6) is -0.179. The van der Waals surface area contributed by atoms with Gasteiger partial charge < -0.3 is 10.4 Å². The first-order valence-corrected chi connectivity index (χ1v) is 5.72. The van der Waals surface area contributed by atoms with Gasteiger partial charge in [-0.25, -0.2) is 0 Å². The van der Waals surface area contributed by atoms with E-state index >= 15 is 0 Å². The molecule has 5 nitrogen and oxygen atoms in total. The third-order valence-electron chi connectivity index (χ3n) is 2.58. The Balaban J connectivity index is 1.96. The Labute approximate surface area is 105 Å². The lowest BCUT2D eigenvalue weighted by Gasteiger charge is -2.16. The van der Waals surface area contributed by atoms with E-state index in [0.29, 0.717) is 0 Å². The van der Waals surface area contributed by atoms with Gasteiger partial charge in [0.15, 0.2) is 0 Å². The highest BCUT2D eigenvalue weighted by atomic mass is 16.3. The molecule has 1 aromatic heterocycles. The highest BCUT2D eigenvalue weighted by Crippen LogP contribution is 2.11. The monoisotopic (exact) mass is 245 g/mol. The van der Waals surface area contributed by atoms with Crippen LogP contribution in [0.2, 0.25) is 0 Å². The minimum atomic E-state index is -0.380. The van der Waals surface area contributed by atoms with Crippen molar-refractivity contribution in [2.75, 3.05) is 6.61 Å². The molecule has 0 aliphatic carbocycles. The second-order valence-electron chi connectivity index (χ2n) is 3.92. The molecular formula is C13H15N3O2. The molecule has 0 saturated carbocycles. The Bertz CT molecular complexity index is 482. The van der Waals surface area contributed by atoms with Crippen LogP contribution in [0.3, 0.4) is 0 Å². The van der Waals surface area contributed by atoms with Crippen LogP contribution in [-0.2, 0) is 11.3 Å². The van der Waals surface area contributed by atoms with Gasteiger partial charge in [-0.3, -0.25) is 9.48 Å². The zero-order valence-electron chi connectivity index (χ0n) is 9.86. The van der Waals surface area contributed by atoms with E-state index in [1.165, 1.54) is 4.68 Å². The Kier molecular flexibility index (Phi) is 4.09. The summed E-state index contributed by atoms with van der Waals surface area (Å²) in [5, 5.41) is 16.0. The fourth-order valence-corrected chi connectivity index (χ4v) is 1.70. The van der Waals surface area contributed by atoms with E-state index in [1.54, 1.807) is 18.5 Å². The molecule has 0 unspecified atom stereocenters. The van der Waals surface area contributed by atoms with Gasteiger partial charge in [0.2, 0.25) is 5.91 Å². The standard InChI is InChI=1S/C13H15N3O2/c17-10-12(11-5-2-1-3-6-11)15-13(18)9-16-8-4-7-14-16/h1-8,12,17H,9-10H2,(H,15,18)/t12-/m0/s1. The van der Waals surface area contributed by atoms with Crippen molar-refractivity contribution in [3.05, 3.63) is 54.4 Å². The van der Waals surface area contributed by atoms with Gasteiger partial charge in [0.05, 0.1) is 12.6 Å². The van der Waals surface area contributed by atoms with Crippen molar-refractivity contribution in [3.63, 3.8) is 0 Å². The number of amides is 1. The molecule has 1 amide bonds. The van der Waals surface area contributed by atoms with Gasteiger partial charge in [-0.05, 0) is 11.6 Å². The van der Waals surface area contributed by atoms with Gasteiger partial charge in [0, 0.05) is 12.4 Å². The number of aliphatic hydroxyl groups excluding tert-OH is 1. The fourth-order valence-electron chi connectivity index (χ4n) is 1.70. The predicted octanol–water partition coefficient (Wildman–Crippen LogP) is 0.733. The lowest BCUT2D eigenvalue weighted by atomic mass is 10.1. The SMILES string of the molecule is O=C(Cn1cccn1)N[C@@H](CO)c1ccccc1. The summed E-state index contributed by atoms with van der Waals surface area (Å²) in [6, 6.07) is 10.8. The average molecular weight is 245 g/mol. The van der Waals surface area contributed by atoms with Crippen LogP contribution in [0.15, 0.2) is 48.8 Å². The zero-order valence-corrected chi connectivity index (χ0v) is 9.86. The zero-order chi connectivity index (χ0) is 12.8. The van der Waals surface area contributed by atoms with E-state index in [1.807, 2.05) is 30.3 Å². The molecule has 1 aromatic carbocycles. The molecule has 5 heteroatoms. The number of hydrogen-bond donors (Lipinski definition) is 2. The maximum Gasteiger partial charge on any atom is 0.242 e. The number of carbonyl (C=O) groups is 1. The highest BCUT2D eigenvalue weighted by molar-refractivity contribution is 5.76. The number of nitrogens with zero attached hydrogens (tertiary/aromatic N) is 2. The third kappa shape index (κ3) is 3.18. The maximum atomic E-state index is 11.8. The van der Waals surface area contributed by atoms with Crippen molar-refractivity contribution in [2.45, 2.75) is 12.6 Å². The van der Waals surface area contributed by atoms with E-state index in [4.69, 9.17) is 0 Å². The molecule has 2 aromatic rings. The van der Waals surface area contributed by atoms with Gasteiger partial charge in [0.25, 0.3) is 0 Å². The normalized spacial score (nSPS) is 12.1. The van der Waals surface area contributed by atoms with Crippen LogP contribution >= 0.6 is 0 Å². The quantitative estimate of drug-likeness (QED) is 0.816. The van der Waals surface area contributed by atoms with Crippen LogP contribution in [0.25, 0.3) is 0 Å². The molecule has 0 aliphatic rings. The van der Waals surface area contributed by atoms with E-state index in [-0.39, 0.29) is 25.1 Å². The van der Waals surface area contributed by atoms with Crippen molar-refractivity contribution in [2.24, 2.45) is 0 Å². The summed E-state index contributed by atoms with van der Waals surface area (Å²) < 4.78 is 1.54. The van der Waals surface area contributed by atoms with Crippen LogP contribution in [0.5, 0.6) is 0 Å². The molecule has 0 aliphatic heterocycles. The molecule has 1 heterocycles. The van der Waals surface area contributed by atoms with Crippen LogP contribution in [0.1, 0.15) is 11.6 Å². The average Bonchev–Trinajstić information content (AvgIpc) is 2.90. The smallest absolute Gasteiger partial charge is 0.242 e. The van der Waals surface area contributed by atoms with Gasteiger partial charge in [-0.2, -0.15) is 5.10 Å². The van der Waals surface area contributed by atoms with Crippen LogP contribution in [0, 0.1) is 0 Å². The topological polar surface area (TPSA) is 67.2 Å². The maximum absolute atomic E-state index is 11.8. The van der Waals surface area contributed by atoms with Crippen LogP contribution in [0.4, 0.5) is 0 Å². The van der Waals surface area contributed by atoms with Crippen molar-refractivity contribution in [3.8, 4) is 0 Å². The predicted molar refractivity (Wildman–Crippen MR) is 66.6 cm³/mol. The summed E-state index contributed by atoms with van der Waals surface area (Å²) in [7, 11) is 0. The Hall–Kier alpha value is -2.14. The second kappa shape index (κ2) is 5.97. The third-order valence-corrected chi connectivity index (χ3v) is 2.58. The molecule has 94 valence electrons. The summed E-state index contributed by atoms with van der Waals surface area (Å²) >= 11 is 0. The van der Waals surface area contributed by atoms with E-state index in [2.05, 4.69) is 10.4 Å². The first-order chi connectivity index (χ1) is 8.79.